The number of pyridine rings is 1. The Morgan fingerprint density at radius 2 is 1.83 bits per heavy atom. The molecule has 7 rings (SSSR count). The van der Waals surface area contributed by atoms with Gasteiger partial charge in [0.2, 0.25) is 0 Å². The number of likely N-dealkylation sites (tertiary alicyclic amines) is 1. The highest BCUT2D eigenvalue weighted by Gasteiger charge is 2.45. The number of piperazine rings is 1. The minimum atomic E-state index is -4.60. The molecule has 1 atom stereocenters. The number of alkyl halides is 3. The van der Waals surface area contributed by atoms with Crippen LogP contribution in [0.2, 0.25) is 0 Å². The van der Waals surface area contributed by atoms with E-state index in [9.17, 15) is 18.0 Å². The van der Waals surface area contributed by atoms with Crippen LogP contribution in [-0.2, 0) is 42.9 Å². The number of aryl methyl sites for hydroxylation is 1. The van der Waals surface area contributed by atoms with Crippen LogP contribution in [0.25, 0.3) is 0 Å². The molecule has 13 heteroatoms. The molecule has 0 spiro atoms. The third-order valence-electron chi connectivity index (χ3n) is 10.3. The zero-order valence-corrected chi connectivity index (χ0v) is 27.5. The van der Waals surface area contributed by atoms with Crippen LogP contribution >= 0.6 is 0 Å². The summed E-state index contributed by atoms with van der Waals surface area (Å²) in [6, 6.07) is 6.79. The quantitative estimate of drug-likeness (QED) is 0.337. The summed E-state index contributed by atoms with van der Waals surface area (Å²) in [4.78, 5) is 27.0. The fraction of sp³-hybridized carbons (Fsp3) is 0.543. The summed E-state index contributed by atoms with van der Waals surface area (Å²) in [6.07, 6.45) is 5.27. The van der Waals surface area contributed by atoms with Crippen molar-refractivity contribution in [3.05, 3.63) is 64.2 Å². The first kappa shape index (κ1) is 32.6. The number of halogens is 3. The fourth-order valence-corrected chi connectivity index (χ4v) is 7.55. The van der Waals surface area contributed by atoms with Crippen molar-refractivity contribution >= 4 is 17.5 Å². The topological polar surface area (TPSA) is 82.9 Å². The Kier molecular flexibility index (Phi) is 8.68. The van der Waals surface area contributed by atoms with Crippen LogP contribution in [0.15, 0.2) is 30.6 Å². The minimum absolute atomic E-state index is 0.000639. The van der Waals surface area contributed by atoms with Crippen molar-refractivity contribution in [2.45, 2.75) is 50.9 Å². The van der Waals surface area contributed by atoms with Gasteiger partial charge in [-0.2, -0.15) is 13.2 Å². The molecule has 3 saturated heterocycles. The van der Waals surface area contributed by atoms with Crippen molar-refractivity contribution in [3.8, 4) is 12.3 Å². The van der Waals surface area contributed by atoms with Gasteiger partial charge in [-0.25, -0.2) is 4.98 Å². The first-order chi connectivity index (χ1) is 23.0. The van der Waals surface area contributed by atoms with E-state index in [1.807, 2.05) is 23.7 Å². The second-order valence-corrected chi connectivity index (χ2v) is 13.9. The number of fused-ring (bicyclic) bond motifs is 1. The lowest BCUT2D eigenvalue weighted by Crippen LogP contribution is -2.50. The van der Waals surface area contributed by atoms with E-state index < -0.39 is 23.1 Å². The number of carbonyl (C=O) groups excluding carboxylic acids is 1. The summed E-state index contributed by atoms with van der Waals surface area (Å²) >= 11 is 0. The number of aromatic nitrogens is 4. The second-order valence-electron chi connectivity index (χ2n) is 13.9. The normalized spacial score (nSPS) is 21.7. The molecule has 0 radical (unpaired) electrons. The predicted octanol–water partition coefficient (Wildman–Crippen LogP) is 3.89. The highest BCUT2D eigenvalue weighted by molar-refractivity contribution is 6.10. The molecule has 6 heterocycles. The van der Waals surface area contributed by atoms with Crippen LogP contribution in [-0.4, -0.2) is 94.5 Å². The van der Waals surface area contributed by atoms with Gasteiger partial charge in [0.05, 0.1) is 31.9 Å². The molecule has 1 aromatic carbocycles. The van der Waals surface area contributed by atoms with Gasteiger partial charge < -0.3 is 14.2 Å². The maximum Gasteiger partial charge on any atom is 0.416 e. The Labute approximate surface area is 278 Å². The average Bonchev–Trinajstić information content (AvgIpc) is 3.60. The van der Waals surface area contributed by atoms with Gasteiger partial charge >= 0.3 is 6.18 Å². The Balaban J connectivity index is 1.26. The number of nitrogens with zero attached hydrogens (tertiary/aromatic N) is 8. The van der Waals surface area contributed by atoms with Crippen LogP contribution in [0.4, 0.5) is 24.8 Å². The molecule has 3 fully saturated rings. The molecular weight excluding hydrogens is 621 g/mol. The smallest absolute Gasteiger partial charge is 0.379 e. The summed E-state index contributed by atoms with van der Waals surface area (Å²) < 4.78 is 51.4. The van der Waals surface area contributed by atoms with Gasteiger partial charge in [-0.3, -0.25) is 19.5 Å². The predicted molar refractivity (Wildman–Crippen MR) is 175 cm³/mol. The van der Waals surface area contributed by atoms with Crippen molar-refractivity contribution in [2.24, 2.45) is 13.0 Å². The van der Waals surface area contributed by atoms with Gasteiger partial charge in [-0.1, -0.05) is 12.8 Å². The first-order valence-corrected chi connectivity index (χ1v) is 16.6. The van der Waals surface area contributed by atoms with Crippen LogP contribution in [0.1, 0.15) is 58.2 Å². The molecule has 0 saturated carbocycles. The summed E-state index contributed by atoms with van der Waals surface area (Å²) in [5.41, 5.74) is 0.310. The Morgan fingerprint density at radius 1 is 1.06 bits per heavy atom. The van der Waals surface area contributed by atoms with Gasteiger partial charge in [0.15, 0.2) is 0 Å². The maximum absolute atomic E-state index is 14.6. The number of ether oxygens (including phenoxy) is 1. The Hall–Kier alpha value is -3.99. The summed E-state index contributed by atoms with van der Waals surface area (Å²) in [5, 5.41) is 8.35. The van der Waals surface area contributed by atoms with Crippen molar-refractivity contribution in [2.75, 3.05) is 68.8 Å². The molecule has 3 aromatic rings. The Bertz CT molecular complexity index is 1720. The third kappa shape index (κ3) is 6.29. The fourth-order valence-electron chi connectivity index (χ4n) is 7.55. The van der Waals surface area contributed by atoms with Gasteiger partial charge in [-0.05, 0) is 66.3 Å². The van der Waals surface area contributed by atoms with E-state index in [1.54, 1.807) is 12.4 Å². The average molecular weight is 663 g/mol. The van der Waals surface area contributed by atoms with Crippen molar-refractivity contribution < 1.29 is 22.7 Å². The molecule has 0 unspecified atom stereocenters. The highest BCUT2D eigenvalue weighted by Crippen LogP contribution is 2.42. The van der Waals surface area contributed by atoms with Gasteiger partial charge in [0, 0.05) is 63.7 Å². The van der Waals surface area contributed by atoms with E-state index >= 15 is 0 Å². The number of hydrogen-bond acceptors (Lipinski definition) is 8. The maximum atomic E-state index is 14.6. The van der Waals surface area contributed by atoms with Crippen molar-refractivity contribution in [3.63, 3.8) is 0 Å². The standard InChI is InChI=1S/C35H41F3N8O2/c1-4-7-43-9-11-45(12-10-43)30-15-26(34(21-48-22-34)17-32-41-39-23-42(32)3)16-31(40-30)46-20-28-27(33(46)47)13-25(14-29(28)35(36,37)38)19-44-8-5-6-24(2)18-44/h1,13-16,23-24H,5-12,17-22H2,2-3H3/t24-/m0/s1. The molecule has 254 valence electrons. The molecule has 48 heavy (non-hydrogen) atoms. The van der Waals surface area contributed by atoms with Gasteiger partial charge in [0.25, 0.3) is 5.91 Å². The van der Waals surface area contributed by atoms with E-state index in [-0.39, 0.29) is 17.7 Å². The molecule has 10 nitrogen and oxygen atoms in total. The number of piperidine rings is 1. The zero-order valence-electron chi connectivity index (χ0n) is 27.5. The van der Waals surface area contributed by atoms with E-state index in [2.05, 4.69) is 37.7 Å². The monoisotopic (exact) mass is 662 g/mol. The summed E-state index contributed by atoms with van der Waals surface area (Å²) in [6.45, 7) is 8.28. The number of benzene rings is 1. The molecular formula is C35H41F3N8O2. The van der Waals surface area contributed by atoms with E-state index in [1.165, 1.54) is 11.0 Å². The van der Waals surface area contributed by atoms with Gasteiger partial charge in [0.1, 0.15) is 23.8 Å². The number of carbonyl (C=O) groups is 1. The zero-order chi connectivity index (χ0) is 33.6. The Morgan fingerprint density at radius 3 is 2.48 bits per heavy atom. The van der Waals surface area contributed by atoms with Crippen molar-refractivity contribution in [1.82, 2.24) is 29.5 Å². The minimum Gasteiger partial charge on any atom is -0.379 e. The number of anilines is 2. The van der Waals surface area contributed by atoms with Crippen LogP contribution < -0.4 is 9.80 Å². The number of rotatable bonds is 8. The number of terminal acetylenes is 1. The molecule has 4 aliphatic heterocycles. The lowest BCUT2D eigenvalue weighted by atomic mass is 9.75. The van der Waals surface area contributed by atoms with E-state index in [0.717, 1.165) is 50.4 Å². The van der Waals surface area contributed by atoms with Gasteiger partial charge in [-0.15, -0.1) is 16.6 Å². The SMILES string of the molecule is C#CCN1CCN(c2cc(C3(Cc4nncn4C)COC3)cc(N3Cc4c(cc(CN5CCC[C@H](C)C5)cc4C(F)(F)F)C3=O)n2)CC1. The molecule has 1 amide bonds. The molecule has 0 bridgehead atoms. The summed E-state index contributed by atoms with van der Waals surface area (Å²) in [5.74, 6) is 4.51. The molecule has 0 N–H and O–H groups in total. The lowest BCUT2D eigenvalue weighted by molar-refractivity contribution is -0.138. The second kappa shape index (κ2) is 12.8. The van der Waals surface area contributed by atoms with Crippen LogP contribution in [0.3, 0.4) is 0 Å². The van der Waals surface area contributed by atoms with E-state index in [4.69, 9.17) is 16.1 Å². The third-order valence-corrected chi connectivity index (χ3v) is 10.3. The van der Waals surface area contributed by atoms with Crippen LogP contribution in [0, 0.1) is 18.3 Å². The molecule has 2 aromatic heterocycles. The van der Waals surface area contributed by atoms with Crippen LogP contribution in [0.5, 0.6) is 0 Å². The largest absolute Gasteiger partial charge is 0.416 e. The first-order valence-electron chi connectivity index (χ1n) is 16.6. The van der Waals surface area contributed by atoms with Crippen molar-refractivity contribution in [1.29, 1.82) is 0 Å². The lowest BCUT2D eigenvalue weighted by Gasteiger charge is -2.42. The summed E-state index contributed by atoms with van der Waals surface area (Å²) in [7, 11) is 1.89. The van der Waals surface area contributed by atoms with E-state index in [0.29, 0.717) is 68.9 Å². The number of hydrogen-bond donors (Lipinski definition) is 0. The molecule has 0 aliphatic carbocycles. The molecule has 4 aliphatic rings. The highest BCUT2D eigenvalue weighted by atomic mass is 19.4. The number of amides is 1.